The van der Waals surface area contributed by atoms with Gasteiger partial charge in [0.25, 0.3) is 0 Å². The largest absolute Gasteiger partial charge is 0.497 e. The monoisotopic (exact) mass is 338 g/mol. The van der Waals surface area contributed by atoms with Crippen molar-refractivity contribution < 1.29 is 13.9 Å². The summed E-state index contributed by atoms with van der Waals surface area (Å²) in [5.74, 6) is 1.31. The third-order valence-electron chi connectivity index (χ3n) is 3.18. The van der Waals surface area contributed by atoms with Gasteiger partial charge in [0.15, 0.2) is 0 Å². The Bertz CT molecular complexity index is 613. The van der Waals surface area contributed by atoms with Crippen LogP contribution in [-0.2, 0) is 0 Å². The summed E-state index contributed by atoms with van der Waals surface area (Å²) in [6.45, 7) is 1.75. The summed E-state index contributed by atoms with van der Waals surface area (Å²) < 4.78 is 24.0. The molecule has 0 aliphatic carbocycles. The second-order valence-electron chi connectivity index (χ2n) is 4.48. The average Bonchev–Trinajstić information content (AvgIpc) is 2.48. The standard InChI is InChI=1S/C16H16BrFO2/c1-10-8-11(4-6-14(10)18)16(17)13-9-12(19-2)5-7-15(13)20-3/h4-9,16H,1-3H3. The number of hydrogen-bond acceptors (Lipinski definition) is 2. The van der Waals surface area contributed by atoms with E-state index in [-0.39, 0.29) is 10.6 Å². The molecule has 0 radical (unpaired) electrons. The Morgan fingerprint density at radius 2 is 1.80 bits per heavy atom. The molecule has 0 N–H and O–H groups in total. The quantitative estimate of drug-likeness (QED) is 0.756. The molecular formula is C16H16BrFO2. The molecule has 2 rings (SSSR count). The van der Waals surface area contributed by atoms with Crippen LogP contribution in [-0.4, -0.2) is 14.2 Å². The van der Waals surface area contributed by atoms with E-state index in [4.69, 9.17) is 9.47 Å². The predicted octanol–water partition coefficient (Wildman–Crippen LogP) is 4.64. The molecule has 0 spiro atoms. The maximum absolute atomic E-state index is 13.4. The normalized spacial score (nSPS) is 12.1. The van der Waals surface area contributed by atoms with E-state index in [0.29, 0.717) is 5.56 Å². The van der Waals surface area contributed by atoms with Crippen LogP contribution < -0.4 is 9.47 Å². The van der Waals surface area contributed by atoms with Crippen molar-refractivity contribution in [3.8, 4) is 11.5 Å². The molecule has 0 bridgehead atoms. The summed E-state index contributed by atoms with van der Waals surface area (Å²) in [4.78, 5) is -0.0909. The van der Waals surface area contributed by atoms with Crippen molar-refractivity contribution in [1.29, 1.82) is 0 Å². The van der Waals surface area contributed by atoms with Gasteiger partial charge in [0, 0.05) is 5.56 Å². The minimum Gasteiger partial charge on any atom is -0.497 e. The molecule has 0 saturated heterocycles. The second kappa shape index (κ2) is 6.27. The smallest absolute Gasteiger partial charge is 0.126 e. The molecule has 4 heteroatoms. The Balaban J connectivity index is 2.45. The minimum absolute atomic E-state index is 0.0909. The molecule has 2 aromatic rings. The summed E-state index contributed by atoms with van der Waals surface area (Å²) in [6, 6.07) is 10.7. The molecule has 106 valence electrons. The summed E-state index contributed by atoms with van der Waals surface area (Å²) >= 11 is 3.65. The van der Waals surface area contributed by atoms with Crippen LogP contribution in [0.15, 0.2) is 36.4 Å². The molecule has 0 aliphatic heterocycles. The van der Waals surface area contributed by atoms with E-state index >= 15 is 0 Å². The lowest BCUT2D eigenvalue weighted by molar-refractivity contribution is 0.399. The molecule has 0 saturated carbocycles. The van der Waals surface area contributed by atoms with Gasteiger partial charge in [0.1, 0.15) is 17.3 Å². The van der Waals surface area contributed by atoms with Crippen LogP contribution in [0.3, 0.4) is 0 Å². The lowest BCUT2D eigenvalue weighted by Crippen LogP contribution is -1.99. The first-order valence-electron chi connectivity index (χ1n) is 6.19. The Morgan fingerprint density at radius 1 is 1.05 bits per heavy atom. The first kappa shape index (κ1) is 14.9. The first-order valence-corrected chi connectivity index (χ1v) is 7.10. The SMILES string of the molecule is COc1ccc(OC)c(C(Br)c2ccc(F)c(C)c2)c1. The maximum atomic E-state index is 13.4. The molecule has 2 nitrogen and oxygen atoms in total. The molecule has 1 unspecified atom stereocenters. The fourth-order valence-electron chi connectivity index (χ4n) is 2.04. The predicted molar refractivity (Wildman–Crippen MR) is 81.5 cm³/mol. The fourth-order valence-corrected chi connectivity index (χ4v) is 2.69. The van der Waals surface area contributed by atoms with Gasteiger partial charge in [-0.15, -0.1) is 0 Å². The van der Waals surface area contributed by atoms with Crippen LogP contribution >= 0.6 is 15.9 Å². The van der Waals surface area contributed by atoms with Crippen molar-refractivity contribution in [3.63, 3.8) is 0 Å². The number of halogens is 2. The van der Waals surface area contributed by atoms with E-state index < -0.39 is 0 Å². The van der Waals surface area contributed by atoms with Crippen molar-refractivity contribution in [3.05, 3.63) is 58.9 Å². The Morgan fingerprint density at radius 3 is 2.40 bits per heavy atom. The van der Waals surface area contributed by atoms with Crippen LogP contribution in [0.1, 0.15) is 21.5 Å². The van der Waals surface area contributed by atoms with Gasteiger partial charge >= 0.3 is 0 Å². The highest BCUT2D eigenvalue weighted by atomic mass is 79.9. The zero-order chi connectivity index (χ0) is 14.7. The van der Waals surface area contributed by atoms with Crippen molar-refractivity contribution in [2.24, 2.45) is 0 Å². The molecular weight excluding hydrogens is 323 g/mol. The van der Waals surface area contributed by atoms with Gasteiger partial charge in [-0.05, 0) is 42.3 Å². The highest BCUT2D eigenvalue weighted by Crippen LogP contribution is 2.38. The number of aryl methyl sites for hydroxylation is 1. The van der Waals surface area contributed by atoms with Crippen LogP contribution in [0.2, 0.25) is 0 Å². The van der Waals surface area contributed by atoms with Gasteiger partial charge < -0.3 is 9.47 Å². The molecule has 0 aliphatic rings. The van der Waals surface area contributed by atoms with Crippen molar-refractivity contribution >= 4 is 15.9 Å². The van der Waals surface area contributed by atoms with Gasteiger partial charge in [-0.2, -0.15) is 0 Å². The second-order valence-corrected chi connectivity index (χ2v) is 5.39. The topological polar surface area (TPSA) is 18.5 Å². The summed E-state index contributed by atoms with van der Waals surface area (Å²) in [6.07, 6.45) is 0. The van der Waals surface area contributed by atoms with Crippen LogP contribution in [0, 0.1) is 12.7 Å². The zero-order valence-corrected chi connectivity index (χ0v) is 13.2. The van der Waals surface area contributed by atoms with Gasteiger partial charge in [-0.1, -0.05) is 28.1 Å². The number of hydrogen-bond donors (Lipinski definition) is 0. The molecule has 0 fully saturated rings. The van der Waals surface area contributed by atoms with E-state index in [1.54, 1.807) is 27.2 Å². The maximum Gasteiger partial charge on any atom is 0.126 e. The highest BCUT2D eigenvalue weighted by Gasteiger charge is 2.17. The zero-order valence-electron chi connectivity index (χ0n) is 11.6. The number of rotatable bonds is 4. The fraction of sp³-hybridized carbons (Fsp3) is 0.250. The van der Waals surface area contributed by atoms with Crippen LogP contribution in [0.4, 0.5) is 4.39 Å². The third kappa shape index (κ3) is 2.96. The van der Waals surface area contributed by atoms with Crippen molar-refractivity contribution in [2.75, 3.05) is 14.2 Å². The van der Waals surface area contributed by atoms with Gasteiger partial charge in [0.2, 0.25) is 0 Å². The van der Waals surface area contributed by atoms with Gasteiger partial charge in [0.05, 0.1) is 19.0 Å². The molecule has 1 atom stereocenters. The van der Waals surface area contributed by atoms with Gasteiger partial charge in [-0.3, -0.25) is 0 Å². The van der Waals surface area contributed by atoms with E-state index in [0.717, 1.165) is 22.6 Å². The number of methoxy groups -OCH3 is 2. The Kier molecular flexibility index (Phi) is 4.65. The number of benzene rings is 2. The van der Waals surface area contributed by atoms with Crippen LogP contribution in [0.25, 0.3) is 0 Å². The number of alkyl halides is 1. The summed E-state index contributed by atoms with van der Waals surface area (Å²) in [5, 5.41) is 0. The van der Waals surface area contributed by atoms with Crippen molar-refractivity contribution in [2.45, 2.75) is 11.8 Å². The summed E-state index contributed by atoms with van der Waals surface area (Å²) in [7, 11) is 3.25. The van der Waals surface area contributed by atoms with E-state index in [2.05, 4.69) is 15.9 Å². The Labute approximate surface area is 126 Å². The average molecular weight is 339 g/mol. The molecule has 20 heavy (non-hydrogen) atoms. The minimum atomic E-state index is -0.203. The highest BCUT2D eigenvalue weighted by molar-refractivity contribution is 9.09. The lowest BCUT2D eigenvalue weighted by Gasteiger charge is -2.16. The van der Waals surface area contributed by atoms with E-state index in [1.165, 1.54) is 6.07 Å². The molecule has 0 amide bonds. The third-order valence-corrected chi connectivity index (χ3v) is 4.21. The lowest BCUT2D eigenvalue weighted by atomic mass is 10.0. The van der Waals surface area contributed by atoms with Crippen LogP contribution in [0.5, 0.6) is 11.5 Å². The molecule has 0 aromatic heterocycles. The van der Waals surface area contributed by atoms with Crippen molar-refractivity contribution in [1.82, 2.24) is 0 Å². The number of ether oxygens (including phenoxy) is 2. The van der Waals surface area contributed by atoms with E-state index in [1.807, 2.05) is 24.3 Å². The first-order chi connectivity index (χ1) is 9.56. The van der Waals surface area contributed by atoms with E-state index in [9.17, 15) is 4.39 Å². The molecule has 2 aromatic carbocycles. The Hall–Kier alpha value is -1.55. The summed E-state index contributed by atoms with van der Waals surface area (Å²) in [5.41, 5.74) is 2.53. The van der Waals surface area contributed by atoms with Gasteiger partial charge in [-0.25, -0.2) is 4.39 Å². The molecule has 0 heterocycles.